The number of nitro benzene ring substituents is 1. The quantitative estimate of drug-likeness (QED) is 0.106. The normalized spacial score (nSPS) is 13.2. The first-order valence-corrected chi connectivity index (χ1v) is 27.3. The van der Waals surface area contributed by atoms with E-state index in [1.807, 2.05) is 36.4 Å². The van der Waals surface area contributed by atoms with Crippen molar-refractivity contribution >= 4 is 96.1 Å². The van der Waals surface area contributed by atoms with Gasteiger partial charge in [0.05, 0.1) is 20.5 Å². The molecule has 0 fully saturated rings. The van der Waals surface area contributed by atoms with Gasteiger partial charge in [0, 0.05) is 49.5 Å². The van der Waals surface area contributed by atoms with Gasteiger partial charge < -0.3 is 4.98 Å². The van der Waals surface area contributed by atoms with Crippen molar-refractivity contribution in [1.82, 2.24) is 4.98 Å². The lowest BCUT2D eigenvalue weighted by molar-refractivity contribution is -0.384. The van der Waals surface area contributed by atoms with Gasteiger partial charge in [0.1, 0.15) is 0 Å². The molecule has 4 nitrogen and oxygen atoms in total. The van der Waals surface area contributed by atoms with Crippen molar-refractivity contribution in [3.05, 3.63) is 273 Å². The fourth-order valence-corrected chi connectivity index (χ4v) is 14.6. The molecule has 0 amide bonds. The van der Waals surface area contributed by atoms with Gasteiger partial charge in [-0.25, -0.2) is 0 Å². The molecule has 12 aromatic rings. The molecule has 1 aromatic heterocycles. The Morgan fingerprint density at radius 3 is 1.41 bits per heavy atom. The van der Waals surface area contributed by atoms with Gasteiger partial charge in [-0.2, -0.15) is 0 Å². The van der Waals surface area contributed by atoms with Gasteiger partial charge in [-0.15, -0.1) is 0 Å². The summed E-state index contributed by atoms with van der Waals surface area (Å²) in [5.74, 6) is 0. The van der Waals surface area contributed by atoms with Crippen LogP contribution in [0.25, 0.3) is 76.7 Å². The fourth-order valence-electron chi connectivity index (χ4n) is 11.7. The van der Waals surface area contributed by atoms with E-state index in [1.165, 1.54) is 88.2 Å². The lowest BCUT2D eigenvalue weighted by atomic mass is 9.81. The number of benzene rings is 11. The van der Waals surface area contributed by atoms with E-state index in [1.54, 1.807) is 0 Å². The highest BCUT2D eigenvalue weighted by Crippen LogP contribution is 2.53. The average molecular weight is 1050 g/mol. The summed E-state index contributed by atoms with van der Waals surface area (Å²) < 4.78 is 0. The maximum absolute atomic E-state index is 11.9. The van der Waals surface area contributed by atoms with Crippen LogP contribution in [0.3, 0.4) is 0 Å². The third-order valence-electron chi connectivity index (χ3n) is 15.3. The first-order valence-electron chi connectivity index (χ1n) is 25.2. The molecule has 1 N–H and O–H groups in total. The van der Waals surface area contributed by atoms with Gasteiger partial charge >= 0.3 is 0 Å². The summed E-state index contributed by atoms with van der Waals surface area (Å²) in [4.78, 5) is 15.1. The van der Waals surface area contributed by atoms with E-state index in [-0.39, 0.29) is 28.9 Å². The Morgan fingerprint density at radius 1 is 0.421 bits per heavy atom. The fraction of sp³-hybridized carbons (Fsp3) is 0.101. The van der Waals surface area contributed by atoms with Crippen molar-refractivity contribution < 1.29 is 4.92 Å². The molecule has 11 aromatic carbocycles. The minimum atomic E-state index is -0.446. The second-order valence-electron chi connectivity index (χ2n) is 20.4. The maximum Gasteiger partial charge on any atom is 0.279 e. The lowest BCUT2D eigenvalue weighted by Crippen LogP contribution is -2.20. The Balaban J connectivity index is 0.000000124. The smallest absolute Gasteiger partial charge is 0.279 e. The highest BCUT2D eigenvalue weighted by Gasteiger charge is 2.37. The Kier molecular flexibility index (Phi) is 13.3. The SMILES string of the molecule is C.CC1(C)c2ccccc2-c2cc3[nH]c4cc(Cl)c5ccccc5c4c3cc21.CC1(C)c2ccccc2-c2ccc(-c3c([N+](=O)[O-])cc(Cl)c4ccccc34)cc21.c1ccc(P(c2ccccc2)c2ccccc2)cc1. The lowest BCUT2D eigenvalue weighted by Gasteiger charge is -2.22. The Bertz CT molecular complexity index is 4100. The van der Waals surface area contributed by atoms with E-state index in [4.69, 9.17) is 23.2 Å². The van der Waals surface area contributed by atoms with Crippen LogP contribution in [0, 0.1) is 10.1 Å². The third kappa shape index (κ3) is 8.56. The number of hydrogen-bond acceptors (Lipinski definition) is 2. The number of aromatic amines is 1. The van der Waals surface area contributed by atoms with Crippen LogP contribution in [-0.2, 0) is 10.8 Å². The number of aromatic nitrogens is 1. The van der Waals surface area contributed by atoms with Crippen LogP contribution in [0.2, 0.25) is 10.0 Å². The topological polar surface area (TPSA) is 58.9 Å². The summed E-state index contributed by atoms with van der Waals surface area (Å²) >= 11 is 12.9. The number of nitrogens with zero attached hydrogens (tertiary/aromatic N) is 1. The van der Waals surface area contributed by atoms with Crippen molar-refractivity contribution in [3.8, 4) is 33.4 Å². The van der Waals surface area contributed by atoms with E-state index >= 15 is 0 Å². The Morgan fingerprint density at radius 2 is 0.855 bits per heavy atom. The Hall–Kier alpha value is -7.85. The molecule has 2 aliphatic rings. The van der Waals surface area contributed by atoms with Crippen molar-refractivity contribution in [3.63, 3.8) is 0 Å². The summed E-state index contributed by atoms with van der Waals surface area (Å²) in [5, 5.41) is 23.7. The summed E-state index contributed by atoms with van der Waals surface area (Å²) in [6.45, 7) is 9.06. The maximum atomic E-state index is 11.9. The number of rotatable bonds is 5. The van der Waals surface area contributed by atoms with Crippen molar-refractivity contribution in [1.29, 1.82) is 0 Å². The minimum Gasteiger partial charge on any atom is -0.354 e. The molecule has 2 aliphatic carbocycles. The molecule has 1 heterocycles. The molecule has 7 heteroatoms. The Labute approximate surface area is 455 Å². The van der Waals surface area contributed by atoms with Crippen molar-refractivity contribution in [2.45, 2.75) is 46.0 Å². The number of fused-ring (bicyclic) bond motifs is 12. The zero-order chi connectivity index (χ0) is 51.6. The van der Waals surface area contributed by atoms with E-state index in [0.29, 0.717) is 10.6 Å². The second kappa shape index (κ2) is 20.0. The zero-order valence-corrected chi connectivity index (χ0v) is 44.3. The first-order chi connectivity index (χ1) is 36.4. The van der Waals surface area contributed by atoms with E-state index in [9.17, 15) is 10.1 Å². The molecule has 0 bridgehead atoms. The van der Waals surface area contributed by atoms with E-state index in [0.717, 1.165) is 32.3 Å². The molecule has 0 saturated carbocycles. The molecular weight excluding hydrogens is 991 g/mol. The number of nitrogens with one attached hydrogen (secondary N) is 1. The highest BCUT2D eigenvalue weighted by molar-refractivity contribution is 7.79. The van der Waals surface area contributed by atoms with Gasteiger partial charge in [0.25, 0.3) is 5.69 Å². The van der Waals surface area contributed by atoms with Crippen LogP contribution in [0.5, 0.6) is 0 Å². The standard InChI is InChI=1S/C25H18ClNO2.C25H18ClN.C18H15P.CH4/c1-25(2)20-10-6-5-7-16(20)17-12-11-15(13-21(17)25)24-19-9-4-3-8-18(19)22(26)14-23(24)27(28)29;1-25(2)19-10-6-5-7-14(19)17-12-22-18(11-20(17)25)24-16-9-4-3-8-15(16)21(26)13-23(24)27-22;1-4-10-16(11-5-1)19(17-12-6-2-7-13-17)18-14-8-3-9-15-18;/h3-14H,1-2H3;3-13,27H,1-2H3;1-15H;1H4. The second-order valence-corrected chi connectivity index (χ2v) is 23.4. The van der Waals surface area contributed by atoms with Gasteiger partial charge in [-0.05, 0) is 109 Å². The molecule has 0 atom stereocenters. The van der Waals surface area contributed by atoms with Gasteiger partial charge in [-0.1, -0.05) is 259 Å². The molecule has 76 heavy (non-hydrogen) atoms. The number of halogens is 2. The van der Waals surface area contributed by atoms with Crippen LogP contribution in [0.15, 0.2) is 231 Å². The van der Waals surface area contributed by atoms with Crippen molar-refractivity contribution in [2.24, 2.45) is 0 Å². The summed E-state index contributed by atoms with van der Waals surface area (Å²) in [6.07, 6.45) is 0. The first kappa shape index (κ1) is 50.3. The zero-order valence-electron chi connectivity index (χ0n) is 41.9. The van der Waals surface area contributed by atoms with Gasteiger partial charge in [0.15, 0.2) is 0 Å². The van der Waals surface area contributed by atoms with Gasteiger partial charge in [-0.3, -0.25) is 10.1 Å². The molecule has 0 saturated heterocycles. The highest BCUT2D eigenvalue weighted by atomic mass is 35.5. The van der Waals surface area contributed by atoms with Crippen LogP contribution in [0.1, 0.15) is 57.4 Å². The molecule has 0 spiro atoms. The number of H-pyrrole nitrogens is 1. The van der Waals surface area contributed by atoms with Crippen LogP contribution < -0.4 is 15.9 Å². The molecule has 14 rings (SSSR count). The molecule has 372 valence electrons. The number of nitro groups is 1. The molecule has 0 radical (unpaired) electrons. The minimum absolute atomic E-state index is 0. The summed E-state index contributed by atoms with van der Waals surface area (Å²) in [6, 6.07) is 79.9. The van der Waals surface area contributed by atoms with Crippen molar-refractivity contribution in [2.75, 3.05) is 0 Å². The molecular formula is C69H55Cl2N2O2P. The third-order valence-corrected chi connectivity index (χ3v) is 18.4. The predicted octanol–water partition coefficient (Wildman–Crippen LogP) is 18.9. The van der Waals surface area contributed by atoms with Crippen LogP contribution in [-0.4, -0.2) is 9.91 Å². The van der Waals surface area contributed by atoms with Crippen LogP contribution >= 0.6 is 31.1 Å². The van der Waals surface area contributed by atoms with Crippen LogP contribution in [0.4, 0.5) is 5.69 Å². The number of hydrogen-bond donors (Lipinski definition) is 1. The summed E-state index contributed by atoms with van der Waals surface area (Å²) in [7, 11) is -0.446. The average Bonchev–Trinajstić information content (AvgIpc) is 4.02. The molecule has 0 aliphatic heterocycles. The predicted molar refractivity (Wildman–Crippen MR) is 326 cm³/mol. The van der Waals surface area contributed by atoms with E-state index < -0.39 is 7.92 Å². The monoisotopic (exact) mass is 1040 g/mol. The molecule has 0 unspecified atom stereocenters. The van der Waals surface area contributed by atoms with E-state index in [2.05, 4.69) is 221 Å². The van der Waals surface area contributed by atoms with Gasteiger partial charge in [0.2, 0.25) is 0 Å². The largest absolute Gasteiger partial charge is 0.354 e. The summed E-state index contributed by atoms with van der Waals surface area (Å²) in [5.41, 5.74) is 14.0.